The van der Waals surface area contributed by atoms with Gasteiger partial charge in [-0.1, -0.05) is 12.1 Å². The number of ether oxygens (including phenoxy) is 1. The lowest BCUT2D eigenvalue weighted by atomic mass is 10.1. The van der Waals surface area contributed by atoms with Gasteiger partial charge in [-0.05, 0) is 32.0 Å². The minimum Gasteiger partial charge on any atom is -0.465 e. The van der Waals surface area contributed by atoms with Crippen LogP contribution < -0.4 is 4.90 Å². The molecule has 0 fully saturated rings. The SMILES string of the molecule is COC(=O)c1ccccc1N(C)Cc1ccn(C(C)C)n1. The highest BCUT2D eigenvalue weighted by atomic mass is 16.5. The third-order valence-corrected chi connectivity index (χ3v) is 3.31. The number of anilines is 1. The van der Waals surface area contributed by atoms with E-state index in [0.29, 0.717) is 18.2 Å². The van der Waals surface area contributed by atoms with Crippen molar-refractivity contribution >= 4 is 11.7 Å². The molecule has 1 aromatic heterocycles. The largest absolute Gasteiger partial charge is 0.465 e. The van der Waals surface area contributed by atoms with Crippen molar-refractivity contribution in [2.24, 2.45) is 0 Å². The second kappa shape index (κ2) is 6.43. The van der Waals surface area contributed by atoms with Crippen molar-refractivity contribution in [2.45, 2.75) is 26.4 Å². The Bertz CT molecular complexity index is 619. The summed E-state index contributed by atoms with van der Waals surface area (Å²) in [6.07, 6.45) is 1.97. The Kier molecular flexibility index (Phi) is 4.62. The van der Waals surface area contributed by atoms with Gasteiger partial charge in [0, 0.05) is 19.3 Å². The number of esters is 1. The van der Waals surface area contributed by atoms with Crippen molar-refractivity contribution in [3.05, 3.63) is 47.8 Å². The van der Waals surface area contributed by atoms with Crippen LogP contribution in [0.5, 0.6) is 0 Å². The molecule has 1 aromatic carbocycles. The van der Waals surface area contributed by atoms with Gasteiger partial charge in [-0.2, -0.15) is 5.10 Å². The minimum absolute atomic E-state index is 0.329. The molecule has 0 unspecified atom stereocenters. The summed E-state index contributed by atoms with van der Waals surface area (Å²) < 4.78 is 6.75. The number of rotatable bonds is 5. The second-order valence-corrected chi connectivity index (χ2v) is 5.25. The van der Waals surface area contributed by atoms with Crippen LogP contribution in [0, 0.1) is 0 Å². The highest BCUT2D eigenvalue weighted by Gasteiger charge is 2.15. The number of carbonyl (C=O) groups excluding carboxylic acids is 1. The van der Waals surface area contributed by atoms with Gasteiger partial charge < -0.3 is 9.64 Å². The van der Waals surface area contributed by atoms with E-state index in [2.05, 4.69) is 18.9 Å². The van der Waals surface area contributed by atoms with Crippen LogP contribution in [0.4, 0.5) is 5.69 Å². The van der Waals surface area contributed by atoms with Crippen LogP contribution in [0.2, 0.25) is 0 Å². The molecule has 21 heavy (non-hydrogen) atoms. The quantitative estimate of drug-likeness (QED) is 0.793. The molecule has 112 valence electrons. The zero-order valence-electron chi connectivity index (χ0n) is 12.9. The summed E-state index contributed by atoms with van der Waals surface area (Å²) in [7, 11) is 3.33. The molecule has 1 heterocycles. The van der Waals surface area contributed by atoms with Gasteiger partial charge in [-0.15, -0.1) is 0 Å². The summed E-state index contributed by atoms with van der Waals surface area (Å²) in [6, 6.07) is 9.75. The predicted octanol–water partition coefficient (Wildman–Crippen LogP) is 2.89. The van der Waals surface area contributed by atoms with Gasteiger partial charge >= 0.3 is 5.97 Å². The Labute approximate surface area is 125 Å². The number of methoxy groups -OCH3 is 1. The molecule has 0 amide bonds. The first kappa shape index (κ1) is 15.1. The van der Waals surface area contributed by atoms with Crippen LogP contribution >= 0.6 is 0 Å². The molecule has 0 aliphatic rings. The molecule has 2 aromatic rings. The number of nitrogens with zero attached hydrogens (tertiary/aromatic N) is 3. The van der Waals surface area contributed by atoms with Gasteiger partial charge in [0.25, 0.3) is 0 Å². The number of carbonyl (C=O) groups is 1. The van der Waals surface area contributed by atoms with E-state index < -0.39 is 0 Å². The lowest BCUT2D eigenvalue weighted by Gasteiger charge is -2.20. The number of hydrogen-bond acceptors (Lipinski definition) is 4. The summed E-state index contributed by atoms with van der Waals surface area (Å²) in [5, 5.41) is 4.53. The van der Waals surface area contributed by atoms with Gasteiger partial charge in [-0.3, -0.25) is 4.68 Å². The molecule has 0 atom stereocenters. The lowest BCUT2D eigenvalue weighted by molar-refractivity contribution is 0.0601. The molecule has 0 aliphatic carbocycles. The third-order valence-electron chi connectivity index (χ3n) is 3.31. The minimum atomic E-state index is -0.329. The van der Waals surface area contributed by atoms with Crippen molar-refractivity contribution in [3.8, 4) is 0 Å². The maximum absolute atomic E-state index is 11.8. The summed E-state index contributed by atoms with van der Waals surface area (Å²) in [5.41, 5.74) is 2.36. The second-order valence-electron chi connectivity index (χ2n) is 5.25. The number of aromatic nitrogens is 2. The zero-order chi connectivity index (χ0) is 15.4. The van der Waals surface area contributed by atoms with Gasteiger partial charge in [0.05, 0.1) is 30.6 Å². The van der Waals surface area contributed by atoms with Crippen molar-refractivity contribution in [1.29, 1.82) is 0 Å². The average Bonchev–Trinajstić information content (AvgIpc) is 2.95. The van der Waals surface area contributed by atoms with E-state index in [1.165, 1.54) is 7.11 Å². The summed E-state index contributed by atoms with van der Waals surface area (Å²) in [6.45, 7) is 4.81. The molecule has 0 aliphatic heterocycles. The Balaban J connectivity index is 2.20. The fourth-order valence-electron chi connectivity index (χ4n) is 2.17. The van der Waals surface area contributed by atoms with Crippen LogP contribution in [0.25, 0.3) is 0 Å². The molecule has 0 radical (unpaired) electrons. The van der Waals surface area contributed by atoms with Crippen LogP contribution in [-0.2, 0) is 11.3 Å². The number of benzene rings is 1. The first-order chi connectivity index (χ1) is 10.0. The molecule has 0 bridgehead atoms. The van der Waals surface area contributed by atoms with E-state index in [1.54, 1.807) is 6.07 Å². The first-order valence-corrected chi connectivity index (χ1v) is 6.95. The maximum atomic E-state index is 11.8. The molecular weight excluding hydrogens is 266 g/mol. The smallest absolute Gasteiger partial charge is 0.339 e. The van der Waals surface area contributed by atoms with Crippen molar-refractivity contribution in [3.63, 3.8) is 0 Å². The Morgan fingerprint density at radius 1 is 1.33 bits per heavy atom. The fourth-order valence-corrected chi connectivity index (χ4v) is 2.17. The van der Waals surface area contributed by atoms with Crippen LogP contribution in [0.15, 0.2) is 36.5 Å². The molecule has 5 nitrogen and oxygen atoms in total. The van der Waals surface area contributed by atoms with Crippen LogP contribution in [-0.4, -0.2) is 29.9 Å². The van der Waals surface area contributed by atoms with Crippen molar-refractivity contribution in [2.75, 3.05) is 19.1 Å². The summed E-state index contributed by atoms with van der Waals surface area (Å²) in [4.78, 5) is 13.8. The topological polar surface area (TPSA) is 47.4 Å². The van der Waals surface area contributed by atoms with Crippen LogP contribution in [0.1, 0.15) is 35.9 Å². The molecule has 0 spiro atoms. The molecule has 5 heteroatoms. The monoisotopic (exact) mass is 287 g/mol. The average molecular weight is 287 g/mol. The summed E-state index contributed by atoms with van der Waals surface area (Å²) >= 11 is 0. The van der Waals surface area contributed by atoms with Crippen LogP contribution in [0.3, 0.4) is 0 Å². The third kappa shape index (κ3) is 3.42. The molecule has 0 N–H and O–H groups in total. The van der Waals surface area contributed by atoms with E-state index >= 15 is 0 Å². The van der Waals surface area contributed by atoms with Crippen molar-refractivity contribution < 1.29 is 9.53 Å². The lowest BCUT2D eigenvalue weighted by Crippen LogP contribution is -2.20. The van der Waals surface area contributed by atoms with E-state index in [9.17, 15) is 4.79 Å². The number of para-hydroxylation sites is 1. The van der Waals surface area contributed by atoms with Gasteiger partial charge in [0.1, 0.15) is 0 Å². The first-order valence-electron chi connectivity index (χ1n) is 6.95. The van der Waals surface area contributed by atoms with Gasteiger partial charge in [0.2, 0.25) is 0 Å². The normalized spacial score (nSPS) is 10.7. The van der Waals surface area contributed by atoms with E-state index in [0.717, 1.165) is 11.4 Å². The summed E-state index contributed by atoms with van der Waals surface area (Å²) in [5.74, 6) is -0.329. The van der Waals surface area contributed by atoms with Crippen molar-refractivity contribution in [1.82, 2.24) is 9.78 Å². The fraction of sp³-hybridized carbons (Fsp3) is 0.375. The predicted molar refractivity (Wildman–Crippen MR) is 82.5 cm³/mol. The Morgan fingerprint density at radius 2 is 2.05 bits per heavy atom. The highest BCUT2D eigenvalue weighted by Crippen LogP contribution is 2.21. The number of hydrogen-bond donors (Lipinski definition) is 0. The van der Waals surface area contributed by atoms with E-state index in [4.69, 9.17) is 4.74 Å². The maximum Gasteiger partial charge on any atom is 0.339 e. The van der Waals surface area contributed by atoms with E-state index in [1.807, 2.05) is 47.1 Å². The Morgan fingerprint density at radius 3 is 2.67 bits per heavy atom. The highest BCUT2D eigenvalue weighted by molar-refractivity contribution is 5.95. The molecular formula is C16H21N3O2. The standard InChI is InChI=1S/C16H21N3O2/c1-12(2)19-10-9-13(17-19)11-18(3)15-8-6-5-7-14(15)16(20)21-4/h5-10,12H,11H2,1-4H3. The zero-order valence-corrected chi connectivity index (χ0v) is 12.9. The van der Waals surface area contributed by atoms with Gasteiger partial charge in [0.15, 0.2) is 0 Å². The Hall–Kier alpha value is -2.30. The molecule has 0 saturated heterocycles. The van der Waals surface area contributed by atoms with Gasteiger partial charge in [-0.25, -0.2) is 4.79 Å². The molecule has 2 rings (SSSR count). The molecule has 0 saturated carbocycles. The van der Waals surface area contributed by atoms with E-state index in [-0.39, 0.29) is 5.97 Å².